The average Bonchev–Trinajstić information content (AvgIpc) is 3.41. The molecule has 2 fully saturated rings. The van der Waals surface area contributed by atoms with Crippen LogP contribution in [0.4, 0.5) is 16.0 Å². The van der Waals surface area contributed by atoms with Crippen LogP contribution >= 0.6 is 0 Å². The molecular formula is C18H22FN5O4. The van der Waals surface area contributed by atoms with Crippen molar-refractivity contribution in [3.05, 3.63) is 17.4 Å². The fourth-order valence-corrected chi connectivity index (χ4v) is 3.90. The summed E-state index contributed by atoms with van der Waals surface area (Å²) in [5.41, 5.74) is 6.95. The van der Waals surface area contributed by atoms with E-state index in [1.165, 1.54) is 18.1 Å². The fourth-order valence-electron chi connectivity index (χ4n) is 3.90. The Morgan fingerprint density at radius 1 is 1.46 bits per heavy atom. The minimum Gasteiger partial charge on any atom is -0.481 e. The van der Waals surface area contributed by atoms with Gasteiger partial charge in [0.25, 0.3) is 0 Å². The van der Waals surface area contributed by atoms with Gasteiger partial charge in [-0.05, 0) is 30.9 Å². The van der Waals surface area contributed by atoms with Gasteiger partial charge >= 0.3 is 5.97 Å². The van der Waals surface area contributed by atoms with Gasteiger partial charge in [0, 0.05) is 25.0 Å². The van der Waals surface area contributed by atoms with Crippen LogP contribution in [0.25, 0.3) is 0 Å². The van der Waals surface area contributed by atoms with E-state index in [4.69, 9.17) is 10.6 Å². The first kappa shape index (κ1) is 18.6. The number of oxime groups is 1. The second-order valence-electron chi connectivity index (χ2n) is 7.39. The lowest BCUT2D eigenvalue weighted by molar-refractivity contribution is -0.146. The summed E-state index contributed by atoms with van der Waals surface area (Å²) < 4.78 is 14.9. The van der Waals surface area contributed by atoms with Crippen molar-refractivity contribution in [2.75, 3.05) is 36.5 Å². The molecule has 1 aromatic rings. The number of pyridine rings is 1. The van der Waals surface area contributed by atoms with Crippen molar-refractivity contribution in [3.8, 4) is 0 Å². The van der Waals surface area contributed by atoms with E-state index >= 15 is 0 Å². The largest absolute Gasteiger partial charge is 0.481 e. The van der Waals surface area contributed by atoms with Crippen molar-refractivity contribution in [3.63, 3.8) is 0 Å². The number of amides is 1. The zero-order valence-corrected chi connectivity index (χ0v) is 15.5. The molecule has 1 amide bonds. The number of halogens is 1. The van der Waals surface area contributed by atoms with Crippen LogP contribution in [0.3, 0.4) is 0 Å². The maximum atomic E-state index is 14.9. The smallest absolute Gasteiger partial charge is 0.316 e. The fraction of sp³-hybridized carbons (Fsp3) is 0.556. The maximum Gasteiger partial charge on any atom is 0.316 e. The van der Waals surface area contributed by atoms with E-state index in [1.807, 2.05) is 0 Å². The summed E-state index contributed by atoms with van der Waals surface area (Å²) in [4.78, 5) is 36.7. The highest BCUT2D eigenvalue weighted by Gasteiger charge is 2.45. The third kappa shape index (κ3) is 3.07. The van der Waals surface area contributed by atoms with Gasteiger partial charge in [-0.1, -0.05) is 5.16 Å². The number of carbonyl (C=O) groups is 2. The summed E-state index contributed by atoms with van der Waals surface area (Å²) in [6.07, 6.45) is 1.52. The number of carboxylic acids is 1. The standard InChI is InChI=1S/C18H22FN5O4/c1-28-22-14-8-23(7-10(14)6-20)16-13(19)5-9-4-12(18(26)27)17(25)24(11-2-3-11)15(9)21-16/h5,10-12H,2-4,6-8,20H2,1H3,(H,26,27)/t10-,12+/m0/s1. The number of anilines is 2. The number of hydrogen-bond donors (Lipinski definition) is 2. The van der Waals surface area contributed by atoms with Crippen molar-refractivity contribution in [2.45, 2.75) is 25.3 Å². The van der Waals surface area contributed by atoms with Gasteiger partial charge < -0.3 is 20.6 Å². The van der Waals surface area contributed by atoms with Gasteiger partial charge in [0.05, 0.1) is 12.3 Å². The monoisotopic (exact) mass is 391 g/mol. The number of aromatic nitrogens is 1. The molecule has 0 aromatic carbocycles. The number of carbonyl (C=O) groups excluding carboxylic acids is 1. The van der Waals surface area contributed by atoms with Gasteiger partial charge in [0.15, 0.2) is 11.6 Å². The van der Waals surface area contributed by atoms with Gasteiger partial charge in [-0.3, -0.25) is 14.5 Å². The number of fused-ring (bicyclic) bond motifs is 1. The quantitative estimate of drug-likeness (QED) is 0.549. The first-order valence-corrected chi connectivity index (χ1v) is 9.24. The van der Waals surface area contributed by atoms with Crippen molar-refractivity contribution in [2.24, 2.45) is 22.7 Å². The molecule has 4 rings (SSSR count). The molecule has 3 aliphatic rings. The second kappa shape index (κ2) is 7.01. The molecule has 0 radical (unpaired) electrons. The predicted molar refractivity (Wildman–Crippen MR) is 98.7 cm³/mol. The SMILES string of the molecule is CON=C1CN(c2nc3c(cc2F)C[C@@H](C(=O)O)C(=O)N3C2CC2)C[C@@H]1CN. The Hall–Kier alpha value is -2.75. The molecule has 1 saturated carbocycles. The Kier molecular flexibility index (Phi) is 4.66. The van der Waals surface area contributed by atoms with Crippen LogP contribution < -0.4 is 15.5 Å². The Labute approximate surface area is 160 Å². The van der Waals surface area contributed by atoms with E-state index in [9.17, 15) is 19.1 Å². The van der Waals surface area contributed by atoms with Crippen LogP contribution in [-0.2, 0) is 20.8 Å². The summed E-state index contributed by atoms with van der Waals surface area (Å²) >= 11 is 0. The summed E-state index contributed by atoms with van der Waals surface area (Å²) in [7, 11) is 1.44. The summed E-state index contributed by atoms with van der Waals surface area (Å²) in [6, 6.07) is 1.23. The van der Waals surface area contributed by atoms with E-state index < -0.39 is 23.6 Å². The van der Waals surface area contributed by atoms with Crippen molar-refractivity contribution in [1.82, 2.24) is 4.98 Å². The van der Waals surface area contributed by atoms with Gasteiger partial charge in [-0.15, -0.1) is 0 Å². The highest BCUT2D eigenvalue weighted by atomic mass is 19.1. The number of carboxylic acid groups (broad SMARTS) is 1. The third-order valence-electron chi connectivity index (χ3n) is 5.47. The number of rotatable bonds is 5. The van der Waals surface area contributed by atoms with Crippen molar-refractivity contribution >= 4 is 29.2 Å². The first-order valence-electron chi connectivity index (χ1n) is 9.24. The third-order valence-corrected chi connectivity index (χ3v) is 5.47. The van der Waals surface area contributed by atoms with Crippen molar-refractivity contribution in [1.29, 1.82) is 0 Å². The van der Waals surface area contributed by atoms with Gasteiger partial charge in [-0.2, -0.15) is 0 Å². The lowest BCUT2D eigenvalue weighted by Gasteiger charge is -2.32. The Balaban J connectivity index is 1.72. The Morgan fingerprint density at radius 2 is 2.21 bits per heavy atom. The highest BCUT2D eigenvalue weighted by molar-refractivity contribution is 6.08. The molecule has 10 heteroatoms. The average molecular weight is 391 g/mol. The molecule has 3 N–H and O–H groups in total. The maximum absolute atomic E-state index is 14.9. The van der Waals surface area contributed by atoms with E-state index in [0.717, 1.165) is 12.8 Å². The van der Waals surface area contributed by atoms with E-state index in [-0.39, 0.29) is 24.2 Å². The van der Waals surface area contributed by atoms with E-state index in [0.29, 0.717) is 36.7 Å². The number of aliphatic carboxylic acids is 1. The lowest BCUT2D eigenvalue weighted by atomic mass is 9.93. The minimum atomic E-state index is -1.20. The number of nitrogens with two attached hydrogens (primary N) is 1. The van der Waals surface area contributed by atoms with Crippen molar-refractivity contribution < 1.29 is 23.9 Å². The molecule has 0 bridgehead atoms. The van der Waals surface area contributed by atoms with Crippen LogP contribution in [-0.4, -0.2) is 60.5 Å². The van der Waals surface area contributed by atoms with Crippen LogP contribution in [0.15, 0.2) is 11.2 Å². The molecule has 2 aliphatic heterocycles. The molecule has 28 heavy (non-hydrogen) atoms. The predicted octanol–water partition coefficient (Wildman–Crippen LogP) is 0.370. The summed E-state index contributed by atoms with van der Waals surface area (Å²) in [5, 5.41) is 13.4. The van der Waals surface area contributed by atoms with Crippen LogP contribution in [0.5, 0.6) is 0 Å². The Morgan fingerprint density at radius 3 is 2.82 bits per heavy atom. The topological polar surface area (TPSA) is 121 Å². The number of hydrogen-bond acceptors (Lipinski definition) is 7. The Bertz CT molecular complexity index is 857. The van der Waals surface area contributed by atoms with Crippen LogP contribution in [0.2, 0.25) is 0 Å². The lowest BCUT2D eigenvalue weighted by Crippen LogP contribution is -2.46. The van der Waals surface area contributed by atoms with Crippen LogP contribution in [0.1, 0.15) is 18.4 Å². The molecule has 3 heterocycles. The van der Waals surface area contributed by atoms with E-state index in [2.05, 4.69) is 10.1 Å². The second-order valence-corrected chi connectivity index (χ2v) is 7.39. The molecule has 1 saturated heterocycles. The first-order chi connectivity index (χ1) is 13.4. The molecule has 1 aliphatic carbocycles. The highest BCUT2D eigenvalue weighted by Crippen LogP contribution is 2.40. The van der Waals surface area contributed by atoms with Gasteiger partial charge in [-0.25, -0.2) is 9.37 Å². The molecule has 2 atom stereocenters. The summed E-state index contributed by atoms with van der Waals surface area (Å²) in [5.74, 6) is -3.02. The molecular weight excluding hydrogens is 369 g/mol. The molecule has 1 aromatic heterocycles. The zero-order chi connectivity index (χ0) is 20.0. The summed E-state index contributed by atoms with van der Waals surface area (Å²) in [6.45, 7) is 1.11. The molecule has 9 nitrogen and oxygen atoms in total. The van der Waals surface area contributed by atoms with E-state index in [1.54, 1.807) is 4.90 Å². The zero-order valence-electron chi connectivity index (χ0n) is 15.5. The molecule has 0 unspecified atom stereocenters. The van der Waals surface area contributed by atoms with Gasteiger partial charge in [0.1, 0.15) is 18.8 Å². The van der Waals surface area contributed by atoms with Gasteiger partial charge in [0.2, 0.25) is 5.91 Å². The number of nitrogens with zero attached hydrogens (tertiary/aromatic N) is 4. The molecule has 150 valence electrons. The van der Waals surface area contributed by atoms with Crippen LogP contribution in [0, 0.1) is 17.7 Å². The molecule has 0 spiro atoms. The minimum absolute atomic E-state index is 0.0568. The normalized spacial score (nSPS) is 26.0.